The number of thioether (sulfide) groups is 1. The molecule has 7 N–H and O–H groups in total. The van der Waals surface area contributed by atoms with Gasteiger partial charge in [0.1, 0.15) is 38.9 Å². The number of rotatable bonds is 22. The summed E-state index contributed by atoms with van der Waals surface area (Å²) in [6.07, 6.45) is 10.6. The minimum atomic E-state index is -1.06. The number of hydrogen-bond donors (Lipinski definition) is 5. The molecule has 0 saturated heterocycles. The van der Waals surface area contributed by atoms with Crippen molar-refractivity contribution in [2.45, 2.75) is 297 Å². The number of aryl methyl sites for hydroxylation is 5. The van der Waals surface area contributed by atoms with E-state index in [0.717, 1.165) is 116 Å². The number of nitrogen functional groups attached to an aromatic ring is 1. The Morgan fingerprint density at radius 2 is 0.808 bits per heavy atom. The van der Waals surface area contributed by atoms with E-state index in [4.69, 9.17) is 55.7 Å². The van der Waals surface area contributed by atoms with Crippen LogP contribution in [-0.2, 0) is 70.2 Å². The van der Waals surface area contributed by atoms with E-state index in [2.05, 4.69) is 208 Å². The largest absolute Gasteiger partial charge is 1.00 e. The fourth-order valence-corrected chi connectivity index (χ4v) is 18.8. The zero-order valence-corrected chi connectivity index (χ0v) is 108. The number of halogens is 5. The van der Waals surface area contributed by atoms with Crippen molar-refractivity contribution < 1.29 is 177 Å². The molecule has 0 aliphatic carbocycles. The van der Waals surface area contributed by atoms with E-state index < -0.39 is 40.3 Å². The number of aliphatic hydroxyl groups is 1. The van der Waals surface area contributed by atoms with Crippen LogP contribution >= 0.6 is 129 Å². The topological polar surface area (TPSA) is 337 Å². The molecule has 28 nitrogen and oxygen atoms in total. The summed E-state index contributed by atoms with van der Waals surface area (Å²) in [5.74, 6) is 0.549. The second-order valence-electron chi connectivity index (χ2n) is 40.1. The first-order valence-electron chi connectivity index (χ1n) is 48.5. The van der Waals surface area contributed by atoms with Crippen LogP contribution in [-0.4, -0.2) is 229 Å². The maximum atomic E-state index is 12.6. The van der Waals surface area contributed by atoms with Crippen LogP contribution in [0.15, 0.2) is 144 Å². The number of carbonyl (C=O) groups excluding carboxylic acids is 6. The van der Waals surface area contributed by atoms with Crippen LogP contribution in [0.4, 0.5) is 63.8 Å². The van der Waals surface area contributed by atoms with E-state index in [-0.39, 0.29) is 193 Å². The Balaban J connectivity index is -0.00000165. The molecule has 812 valence electrons. The number of nitrogens with two attached hydrogens (primary N) is 2. The maximum absolute atomic E-state index is 12.6. The Morgan fingerprint density at radius 1 is 0.514 bits per heavy atom. The predicted octanol–water partition coefficient (Wildman–Crippen LogP) is 20.3. The molecule has 0 unspecified atom stereocenters. The molecule has 0 bridgehead atoms. The van der Waals surface area contributed by atoms with Crippen molar-refractivity contribution in [3.05, 3.63) is 177 Å². The Kier molecular flexibility index (Phi) is 72.3. The molecule has 5 aromatic carbocycles. The van der Waals surface area contributed by atoms with Crippen LogP contribution in [0.1, 0.15) is 252 Å². The van der Waals surface area contributed by atoms with Crippen LogP contribution in [0.5, 0.6) is 0 Å². The smallest absolute Gasteiger partial charge is 1.00 e. The van der Waals surface area contributed by atoms with Crippen molar-refractivity contribution in [1.29, 1.82) is 5.41 Å². The standard InChI is InChI=1S/C24H34N4O2S.C19H29BrN2O2.C19H31N3O2.C14H21BrN2.C11H13BrIN.C10H18O5.C6H7NS2.C2H6O.CH2O3.2CH4.HI.2K.H/c1-17(2)28(23(29)30-24(3,4)5)14-13-27-12-6-8-18-16-19(10-11-20(18)27)26-22(25)21-9-7-15-31-21;2*1-14(2)22(18(23)24-19(3,4)5)12-11-21-10-6-7-15-13-16(20)8-9-17(15)21;1-11(2)16-7-9-17-8-3-4-12-10-13(15)5-6-14(12)17;12-10-3-4-11-9(8-10)2-1-6-14(11)7-5-13;1-9(2,3)14-7(11)13-8(12)15-10(4,5)6;1-8-6(7)5-3-2-4-9-5;1-2-3;2-1-4-3;;;;;;/h7,9-11,15-17H,6,8,12-14H2,1-5H3,(H2,25,26);8-9,13-14H,6-7,10-12H2,1-5H3;8-9,13-14H,6-7,10-12,20H2,1-5H3;5-6,10-11,16H,3-4,7-9H2,1-2H3;3-4,8H,1-2,5-7H2;1-6H3;2-4,7H,1H3;3H,2H2,1H3;1,3H;2*1H4;1H;;;/q;;;;;;;;;;;;2*+1;-1/p-1. The van der Waals surface area contributed by atoms with Gasteiger partial charge in [-0.1, -0.05) is 111 Å². The average Bonchev–Trinajstić information content (AvgIpc) is 1.25. The number of ether oxygens (including phenoxy) is 6. The summed E-state index contributed by atoms with van der Waals surface area (Å²) < 4.78 is 35.2. The third-order valence-corrected chi connectivity index (χ3v) is 25.7. The van der Waals surface area contributed by atoms with Gasteiger partial charge in [-0.15, -0.1) is 58.4 Å². The number of amides is 3. The Labute approximate surface area is 1030 Å². The Hall–Kier alpha value is -4.14. The minimum Gasteiger partial charge on any atom is -1.00 e. The first-order valence-corrected chi connectivity index (χ1v) is 55.4. The predicted molar refractivity (Wildman–Crippen MR) is 631 cm³/mol. The van der Waals surface area contributed by atoms with Gasteiger partial charge >= 0.3 is 133 Å². The van der Waals surface area contributed by atoms with Crippen molar-refractivity contribution in [2.75, 3.05) is 139 Å². The zero-order chi connectivity index (χ0) is 106. The Bertz CT molecular complexity index is 4870. The molecule has 5 aliphatic rings. The van der Waals surface area contributed by atoms with Gasteiger partial charge in [0.05, 0.1) is 15.4 Å². The van der Waals surface area contributed by atoms with Gasteiger partial charge in [-0.2, -0.15) is 0 Å². The summed E-state index contributed by atoms with van der Waals surface area (Å²) in [6, 6.07) is 40.9. The molecule has 0 saturated carbocycles. The van der Waals surface area contributed by atoms with Gasteiger partial charge in [-0.05, 0) is 364 Å². The number of aliphatic hydroxyl groups excluding tert-OH is 1. The van der Waals surface area contributed by atoms with Gasteiger partial charge in [-0.3, -0.25) is 10.2 Å². The molecule has 12 rings (SSSR count). The first-order chi connectivity index (χ1) is 66.1. The molecule has 0 fully saturated rings. The molecule has 146 heavy (non-hydrogen) atoms. The zero-order valence-electron chi connectivity index (χ0n) is 91.4. The third-order valence-electron chi connectivity index (χ3n) is 21.2. The molecule has 3 amide bonds. The maximum Gasteiger partial charge on any atom is 1.00 e. The fraction of sp³-hybridized carbons (Fsp3) is 0.574. The van der Waals surface area contributed by atoms with Crippen molar-refractivity contribution in [3.8, 4) is 0 Å². The van der Waals surface area contributed by atoms with Crippen LogP contribution < -0.4 is 149 Å². The number of anilines is 6. The van der Waals surface area contributed by atoms with Gasteiger partial charge < -0.3 is 101 Å². The number of alkyl halides is 1. The first kappa shape index (κ1) is 144. The molecule has 38 heteroatoms. The van der Waals surface area contributed by atoms with E-state index in [1.807, 2.05) is 162 Å². The molecule has 7 aromatic rings. The number of nitrogens with one attached hydrogen (secondary N) is 2. The van der Waals surface area contributed by atoms with E-state index in [0.29, 0.717) is 36.6 Å². The van der Waals surface area contributed by atoms with E-state index >= 15 is 0 Å². The second kappa shape index (κ2) is 73.3. The summed E-state index contributed by atoms with van der Waals surface area (Å²) in [6.45, 7) is 58.5. The number of fused-ring (bicyclic) bond motifs is 5. The van der Waals surface area contributed by atoms with Crippen molar-refractivity contribution in [1.82, 2.24) is 20.0 Å². The summed E-state index contributed by atoms with van der Waals surface area (Å²) >= 11 is 17.8. The fourth-order valence-electron chi connectivity index (χ4n) is 15.2. The number of benzene rings is 5. The number of nitrogens with zero attached hydrogens (tertiary/aromatic N) is 9. The van der Waals surface area contributed by atoms with Crippen LogP contribution in [0.2, 0.25) is 0 Å². The van der Waals surface area contributed by atoms with Gasteiger partial charge in [0.25, 0.3) is 6.47 Å². The second-order valence-corrected chi connectivity index (χ2v) is 46.6. The SMILES string of the molecule is Brc1ccc2c(c1)CCCN2CCI.C.C.CC(C)(C)OC(=O)OC(=O)OC(C)(C)C.CC(C)N(CCN1CCCc2cc(Br)ccc21)C(=O)OC(C)(C)C.CC(C)N(CCN1CCCc2cc(N)ccc21)C(=O)OC(C)(C)C.CC(C)N(CCN1CCCc2cc(N=C(N)c3cccs3)ccc21)C(=O)OC(C)(C)C.CC(C)NCCN1CCCc2cc(Br)ccc21.CCO.CSC(=N)c1cccs1.I.O=CO[O-].[H-].[K+].[K+]. The van der Waals surface area contributed by atoms with Gasteiger partial charge in [0.15, 0.2) is 0 Å². The summed E-state index contributed by atoms with van der Waals surface area (Å²) in [5.41, 5.74) is 24.5. The molecule has 5 aliphatic heterocycles. The Morgan fingerprint density at radius 3 is 1.10 bits per heavy atom. The number of amidine groups is 1. The van der Waals surface area contributed by atoms with E-state index in [9.17, 15) is 24.0 Å². The quantitative estimate of drug-likeness (QED) is 0.00342. The normalized spacial score (nSPS) is 13.2. The number of thiophene rings is 2. The van der Waals surface area contributed by atoms with Gasteiger partial charge in [0.2, 0.25) is 0 Å². The van der Waals surface area contributed by atoms with E-state index in [1.54, 1.807) is 80.9 Å². The van der Waals surface area contributed by atoms with E-state index in [1.165, 1.54) is 127 Å². The molecule has 0 spiro atoms. The summed E-state index contributed by atoms with van der Waals surface area (Å²) in [5, 5.41) is 31.5. The molecule has 2 aromatic heterocycles. The van der Waals surface area contributed by atoms with Gasteiger partial charge in [-0.25, -0.2) is 29.0 Å². The monoisotopic (exact) mass is 2550 g/mol. The van der Waals surface area contributed by atoms with Crippen molar-refractivity contribution in [2.24, 2.45) is 10.7 Å². The summed E-state index contributed by atoms with van der Waals surface area (Å²) in [4.78, 5) is 94.9. The molecular weight excluding hydrogens is 2390 g/mol. The minimum absolute atomic E-state index is 0. The van der Waals surface area contributed by atoms with Crippen molar-refractivity contribution >= 4 is 217 Å². The molecule has 0 radical (unpaired) electrons. The summed E-state index contributed by atoms with van der Waals surface area (Å²) in [7, 11) is 0. The number of aliphatic imine (C=N–C) groups is 1. The van der Waals surface area contributed by atoms with Crippen LogP contribution in [0, 0.1) is 5.41 Å². The van der Waals surface area contributed by atoms with Crippen LogP contribution in [0.25, 0.3) is 0 Å². The molecule has 7 heterocycles. The molecule has 0 atom stereocenters. The van der Waals surface area contributed by atoms with Crippen molar-refractivity contribution in [3.63, 3.8) is 0 Å². The average molecular weight is 2560 g/mol. The number of hydrogen-bond acceptors (Lipinski definition) is 27. The number of carbonyl (C=O) groups is 6. The van der Waals surface area contributed by atoms with Gasteiger partial charge in [0, 0.05) is 174 Å². The van der Waals surface area contributed by atoms with Crippen LogP contribution in [0.3, 0.4) is 0 Å². The third kappa shape index (κ3) is 57.3. The molecular formula is C108H170Br3I2K2N13O15S3.